The highest BCUT2D eigenvalue weighted by Gasteiger charge is 2.17. The van der Waals surface area contributed by atoms with Gasteiger partial charge >= 0.3 is 0 Å². The third kappa shape index (κ3) is 4.44. The molecule has 2 aromatic heterocycles. The molecule has 3 rings (SSSR count). The molecule has 1 saturated carbocycles. The number of aryl methyl sites for hydroxylation is 1. The quantitative estimate of drug-likeness (QED) is 0.649. The Hall–Kier alpha value is -2.24. The maximum Gasteiger partial charge on any atom is 0.194 e. The first-order valence-electron chi connectivity index (χ1n) is 9.31. The third-order valence-corrected chi connectivity index (χ3v) is 4.90. The van der Waals surface area contributed by atoms with Gasteiger partial charge in [0.25, 0.3) is 0 Å². The molecule has 1 aliphatic rings. The zero-order valence-corrected chi connectivity index (χ0v) is 15.6. The lowest BCUT2D eigenvalue weighted by Gasteiger charge is -2.22. The number of aromatic nitrogens is 3. The van der Waals surface area contributed by atoms with E-state index in [1.807, 2.05) is 0 Å². The Kier molecular flexibility index (Phi) is 5.79. The highest BCUT2D eigenvalue weighted by atomic mass is 15.3. The molecule has 136 valence electrons. The van der Waals surface area contributed by atoms with Crippen LogP contribution >= 0.6 is 0 Å². The minimum atomic E-state index is 0.589. The number of nitrogens with zero attached hydrogens (tertiary/aromatic N) is 5. The van der Waals surface area contributed by atoms with Gasteiger partial charge in [-0.05, 0) is 38.0 Å². The molecule has 0 spiro atoms. The molecule has 6 nitrogen and oxygen atoms in total. The van der Waals surface area contributed by atoms with Crippen LogP contribution in [-0.2, 0) is 20.1 Å². The van der Waals surface area contributed by atoms with Crippen molar-refractivity contribution < 1.29 is 0 Å². The van der Waals surface area contributed by atoms with E-state index in [4.69, 9.17) is 10.1 Å². The summed E-state index contributed by atoms with van der Waals surface area (Å²) < 4.78 is 4.28. The van der Waals surface area contributed by atoms with Crippen LogP contribution in [-0.4, -0.2) is 38.8 Å². The molecular formula is C19H30N6. The smallest absolute Gasteiger partial charge is 0.194 e. The Morgan fingerprint density at radius 3 is 2.80 bits per heavy atom. The fraction of sp³-hybridized carbons (Fsp3) is 0.579. The summed E-state index contributed by atoms with van der Waals surface area (Å²) in [5.41, 5.74) is 2.30. The summed E-state index contributed by atoms with van der Waals surface area (Å²) in [5, 5.41) is 8.11. The van der Waals surface area contributed by atoms with Crippen LogP contribution in [0, 0.1) is 0 Å². The van der Waals surface area contributed by atoms with Gasteiger partial charge in [0.2, 0.25) is 0 Å². The van der Waals surface area contributed by atoms with Crippen molar-refractivity contribution >= 4 is 5.96 Å². The van der Waals surface area contributed by atoms with Gasteiger partial charge in [0.05, 0.1) is 24.8 Å². The molecule has 1 aliphatic carbocycles. The highest BCUT2D eigenvalue weighted by Crippen LogP contribution is 2.28. The molecule has 1 N–H and O–H groups in total. The van der Waals surface area contributed by atoms with Crippen molar-refractivity contribution in [2.45, 2.75) is 51.7 Å². The van der Waals surface area contributed by atoms with E-state index in [0.717, 1.165) is 24.7 Å². The van der Waals surface area contributed by atoms with E-state index in [1.165, 1.54) is 31.4 Å². The van der Waals surface area contributed by atoms with E-state index in [1.54, 1.807) is 0 Å². The predicted octanol–water partition coefficient (Wildman–Crippen LogP) is 2.93. The molecule has 0 aromatic carbocycles. The molecule has 25 heavy (non-hydrogen) atoms. The monoisotopic (exact) mass is 342 g/mol. The largest absolute Gasteiger partial charge is 0.357 e. The second-order valence-electron chi connectivity index (χ2n) is 6.86. The number of nitrogens with one attached hydrogen (secondary N) is 1. The first-order chi connectivity index (χ1) is 12.2. The molecule has 0 saturated heterocycles. The molecular weight excluding hydrogens is 312 g/mol. The topological polar surface area (TPSA) is 50.4 Å². The van der Waals surface area contributed by atoms with Crippen LogP contribution in [0.3, 0.4) is 0 Å². The summed E-state index contributed by atoms with van der Waals surface area (Å²) in [6, 6.07) is 6.90. The van der Waals surface area contributed by atoms with Crippen molar-refractivity contribution in [1.29, 1.82) is 0 Å². The number of hydrogen-bond donors (Lipinski definition) is 1. The molecule has 1 fully saturated rings. The standard InChI is InChI=1S/C19H30N6/c1-4-20-19(24(3)15-18-10-7-12-23(18)2)21-14-16-11-13-25(22-16)17-8-5-6-9-17/h7,10-13,17H,4-6,8-9,14-15H2,1-3H3,(H,20,21). The SMILES string of the molecule is CCNC(=NCc1ccn(C2CCCC2)n1)N(C)Cc1cccn1C. The van der Waals surface area contributed by atoms with Crippen molar-refractivity contribution in [3.63, 3.8) is 0 Å². The van der Waals surface area contributed by atoms with E-state index < -0.39 is 0 Å². The van der Waals surface area contributed by atoms with Crippen molar-refractivity contribution in [1.82, 2.24) is 24.6 Å². The van der Waals surface area contributed by atoms with Gasteiger partial charge in [0.15, 0.2) is 5.96 Å². The number of hydrogen-bond acceptors (Lipinski definition) is 2. The van der Waals surface area contributed by atoms with Crippen LogP contribution in [0.4, 0.5) is 0 Å². The van der Waals surface area contributed by atoms with Gasteiger partial charge in [-0.1, -0.05) is 12.8 Å². The van der Waals surface area contributed by atoms with Crippen molar-refractivity contribution in [2.75, 3.05) is 13.6 Å². The molecule has 6 heteroatoms. The molecule has 0 radical (unpaired) electrons. The summed E-state index contributed by atoms with van der Waals surface area (Å²) in [6.45, 7) is 4.39. The summed E-state index contributed by atoms with van der Waals surface area (Å²) in [6.07, 6.45) is 9.35. The first-order valence-corrected chi connectivity index (χ1v) is 9.31. The second-order valence-corrected chi connectivity index (χ2v) is 6.86. The van der Waals surface area contributed by atoms with Gasteiger partial charge in [-0.2, -0.15) is 5.10 Å². The molecule has 0 atom stereocenters. The average molecular weight is 342 g/mol. The van der Waals surface area contributed by atoms with Crippen LogP contribution in [0.25, 0.3) is 0 Å². The lowest BCUT2D eigenvalue weighted by molar-refractivity contribution is 0.457. The zero-order chi connectivity index (χ0) is 17.6. The van der Waals surface area contributed by atoms with E-state index in [0.29, 0.717) is 12.6 Å². The van der Waals surface area contributed by atoms with E-state index >= 15 is 0 Å². The van der Waals surface area contributed by atoms with Gasteiger partial charge in [-0.3, -0.25) is 4.68 Å². The summed E-state index contributed by atoms with van der Waals surface area (Å²) in [7, 11) is 4.15. The average Bonchev–Trinajstić information content (AvgIpc) is 3.33. The summed E-state index contributed by atoms with van der Waals surface area (Å²) in [4.78, 5) is 6.94. The Labute approximate surface area is 150 Å². The highest BCUT2D eigenvalue weighted by molar-refractivity contribution is 5.79. The molecule has 0 aliphatic heterocycles. The third-order valence-electron chi connectivity index (χ3n) is 4.90. The zero-order valence-electron chi connectivity index (χ0n) is 15.6. The maximum atomic E-state index is 4.78. The molecule has 0 amide bonds. The van der Waals surface area contributed by atoms with Crippen LogP contribution < -0.4 is 5.32 Å². The first kappa shape index (κ1) is 17.6. The van der Waals surface area contributed by atoms with Gasteiger partial charge in [-0.25, -0.2) is 4.99 Å². The predicted molar refractivity (Wildman–Crippen MR) is 101 cm³/mol. The Morgan fingerprint density at radius 2 is 2.12 bits per heavy atom. The molecule has 2 aromatic rings. The van der Waals surface area contributed by atoms with Crippen LogP contribution in [0.15, 0.2) is 35.6 Å². The Bertz CT molecular complexity index is 692. The minimum absolute atomic E-state index is 0.589. The summed E-state index contributed by atoms with van der Waals surface area (Å²) >= 11 is 0. The van der Waals surface area contributed by atoms with Gasteiger partial charge in [-0.15, -0.1) is 0 Å². The second kappa shape index (κ2) is 8.23. The fourth-order valence-electron chi connectivity index (χ4n) is 3.44. The summed E-state index contributed by atoms with van der Waals surface area (Å²) in [5.74, 6) is 0.916. The Morgan fingerprint density at radius 1 is 1.32 bits per heavy atom. The van der Waals surface area contributed by atoms with Crippen LogP contribution in [0.2, 0.25) is 0 Å². The maximum absolute atomic E-state index is 4.78. The van der Waals surface area contributed by atoms with E-state index in [9.17, 15) is 0 Å². The van der Waals surface area contributed by atoms with Crippen LogP contribution in [0.5, 0.6) is 0 Å². The van der Waals surface area contributed by atoms with E-state index in [-0.39, 0.29) is 0 Å². The fourth-order valence-corrected chi connectivity index (χ4v) is 3.44. The van der Waals surface area contributed by atoms with Crippen molar-refractivity contribution in [3.8, 4) is 0 Å². The number of aliphatic imine (C=N–C) groups is 1. The Balaban J connectivity index is 1.64. The molecule has 2 heterocycles. The lowest BCUT2D eigenvalue weighted by atomic mass is 10.3. The molecule has 0 unspecified atom stereocenters. The number of guanidine groups is 1. The number of rotatable bonds is 6. The van der Waals surface area contributed by atoms with Gasteiger partial charge < -0.3 is 14.8 Å². The normalized spacial score (nSPS) is 15.7. The van der Waals surface area contributed by atoms with Gasteiger partial charge in [0.1, 0.15) is 0 Å². The van der Waals surface area contributed by atoms with Crippen LogP contribution in [0.1, 0.15) is 50.0 Å². The minimum Gasteiger partial charge on any atom is -0.357 e. The van der Waals surface area contributed by atoms with Crippen molar-refractivity contribution in [2.24, 2.45) is 12.0 Å². The molecule has 0 bridgehead atoms. The van der Waals surface area contributed by atoms with Crippen molar-refractivity contribution in [3.05, 3.63) is 42.0 Å². The van der Waals surface area contributed by atoms with Gasteiger partial charge in [0, 0.05) is 38.7 Å². The van der Waals surface area contributed by atoms with E-state index in [2.05, 4.69) is 71.1 Å². The lowest BCUT2D eigenvalue weighted by Crippen LogP contribution is -2.38.